The largest absolute Gasteiger partial charge is 0.493 e. The molecule has 0 spiro atoms. The molecule has 1 aliphatic rings. The van der Waals surface area contributed by atoms with E-state index in [1.807, 2.05) is 30.3 Å². The summed E-state index contributed by atoms with van der Waals surface area (Å²) in [5.41, 5.74) is 1.08. The maximum absolute atomic E-state index is 12.7. The zero-order valence-corrected chi connectivity index (χ0v) is 17.4. The van der Waals surface area contributed by atoms with Gasteiger partial charge in [0, 0.05) is 24.9 Å². The van der Waals surface area contributed by atoms with Crippen LogP contribution in [-0.2, 0) is 11.3 Å². The van der Waals surface area contributed by atoms with Gasteiger partial charge in [0.25, 0.3) is 0 Å². The molecule has 6 heteroatoms. The van der Waals surface area contributed by atoms with Crippen molar-refractivity contribution in [2.24, 2.45) is 11.8 Å². The lowest BCUT2D eigenvalue weighted by Crippen LogP contribution is -2.34. The molecule has 1 saturated heterocycles. The van der Waals surface area contributed by atoms with E-state index in [0.717, 1.165) is 23.5 Å². The Morgan fingerprint density at radius 3 is 2.46 bits per heavy atom. The molecule has 2 rings (SSSR count). The zero-order valence-electron chi connectivity index (χ0n) is 16.6. The van der Waals surface area contributed by atoms with Crippen LogP contribution in [0, 0.1) is 11.8 Å². The smallest absolute Gasteiger partial charge is 0.222 e. The molecule has 1 fully saturated rings. The quantitative estimate of drug-likeness (QED) is 0.701. The number of hydrogen-bond donors (Lipinski definition) is 1. The van der Waals surface area contributed by atoms with Gasteiger partial charge in [-0.2, -0.15) is 0 Å². The zero-order chi connectivity index (χ0) is 19.1. The van der Waals surface area contributed by atoms with Gasteiger partial charge in [-0.05, 0) is 61.7 Å². The van der Waals surface area contributed by atoms with Crippen LogP contribution in [0.3, 0.4) is 0 Å². The Morgan fingerprint density at radius 2 is 1.88 bits per heavy atom. The highest BCUT2D eigenvalue weighted by Gasteiger charge is 2.24. The van der Waals surface area contributed by atoms with Crippen LogP contribution in [-0.4, -0.2) is 51.4 Å². The number of benzene rings is 1. The number of hydrogen-bond acceptors (Lipinski definition) is 5. The van der Waals surface area contributed by atoms with Gasteiger partial charge in [0.1, 0.15) is 0 Å². The van der Waals surface area contributed by atoms with Crippen LogP contribution >= 0.6 is 11.8 Å². The monoisotopic (exact) mass is 380 g/mol. The van der Waals surface area contributed by atoms with Gasteiger partial charge in [0.05, 0.1) is 14.2 Å². The number of piperidine rings is 1. The molecule has 0 saturated carbocycles. The molecular formula is C20H32N2O3S. The van der Waals surface area contributed by atoms with E-state index in [4.69, 9.17) is 9.47 Å². The summed E-state index contributed by atoms with van der Waals surface area (Å²) in [5, 5.41) is 3.39. The average molecular weight is 381 g/mol. The second-order valence-corrected chi connectivity index (χ2v) is 7.89. The first-order valence-electron chi connectivity index (χ1n) is 9.23. The first-order valence-corrected chi connectivity index (χ1v) is 10.5. The minimum Gasteiger partial charge on any atom is -0.493 e. The lowest BCUT2D eigenvalue weighted by atomic mass is 9.84. The molecule has 0 radical (unpaired) electrons. The molecule has 26 heavy (non-hydrogen) atoms. The van der Waals surface area contributed by atoms with E-state index >= 15 is 0 Å². The van der Waals surface area contributed by atoms with Crippen LogP contribution < -0.4 is 14.8 Å². The van der Waals surface area contributed by atoms with Crippen molar-refractivity contribution in [2.75, 3.05) is 40.6 Å². The van der Waals surface area contributed by atoms with Gasteiger partial charge in [-0.15, -0.1) is 11.8 Å². The van der Waals surface area contributed by atoms with E-state index in [2.05, 4.69) is 12.2 Å². The summed E-state index contributed by atoms with van der Waals surface area (Å²) in [5.74, 6) is 2.70. The minimum atomic E-state index is 0.206. The van der Waals surface area contributed by atoms with Crippen LogP contribution in [0.4, 0.5) is 0 Å². The maximum Gasteiger partial charge on any atom is 0.222 e. The summed E-state index contributed by atoms with van der Waals surface area (Å²) >= 11 is 1.65. The second-order valence-electron chi connectivity index (χ2n) is 7.04. The lowest BCUT2D eigenvalue weighted by molar-refractivity contribution is -0.131. The fourth-order valence-corrected chi connectivity index (χ4v) is 4.18. The number of methoxy groups -OCH3 is 2. The van der Waals surface area contributed by atoms with Gasteiger partial charge in [-0.25, -0.2) is 0 Å². The Balaban J connectivity index is 2.03. The van der Waals surface area contributed by atoms with Crippen LogP contribution in [0.15, 0.2) is 17.0 Å². The van der Waals surface area contributed by atoms with Crippen molar-refractivity contribution in [1.82, 2.24) is 10.2 Å². The van der Waals surface area contributed by atoms with E-state index < -0.39 is 0 Å². The normalized spacial score (nSPS) is 16.2. The van der Waals surface area contributed by atoms with E-state index in [1.54, 1.807) is 26.0 Å². The first-order chi connectivity index (χ1) is 12.5. The number of nitrogens with zero attached hydrogens (tertiary/aromatic N) is 1. The SMILES string of the molecule is COc1cc(CN(C)C(=O)CC(C)C2CCNCC2)c(SC)cc1OC. The summed E-state index contributed by atoms with van der Waals surface area (Å²) in [6, 6.07) is 3.96. The highest BCUT2D eigenvalue weighted by Crippen LogP contribution is 2.35. The predicted molar refractivity (Wildman–Crippen MR) is 107 cm³/mol. The molecular weight excluding hydrogens is 348 g/mol. The molecule has 0 aliphatic carbocycles. The minimum absolute atomic E-state index is 0.206. The maximum atomic E-state index is 12.7. The van der Waals surface area contributed by atoms with Crippen molar-refractivity contribution < 1.29 is 14.3 Å². The number of amides is 1. The number of thioether (sulfide) groups is 1. The highest BCUT2D eigenvalue weighted by molar-refractivity contribution is 7.98. The van der Waals surface area contributed by atoms with Gasteiger partial charge >= 0.3 is 0 Å². The Hall–Kier alpha value is -1.40. The van der Waals surface area contributed by atoms with E-state index in [0.29, 0.717) is 36.3 Å². The molecule has 0 bridgehead atoms. The summed E-state index contributed by atoms with van der Waals surface area (Å²) in [6.07, 6.45) is 4.99. The Labute approximate surface area is 161 Å². The van der Waals surface area contributed by atoms with E-state index in [1.165, 1.54) is 12.8 Å². The van der Waals surface area contributed by atoms with Crippen LogP contribution in [0.1, 0.15) is 31.7 Å². The molecule has 1 amide bonds. The van der Waals surface area contributed by atoms with E-state index in [-0.39, 0.29) is 5.91 Å². The molecule has 5 nitrogen and oxygen atoms in total. The van der Waals surface area contributed by atoms with Gasteiger partial charge in [-0.1, -0.05) is 6.92 Å². The molecule has 1 aliphatic heterocycles. The van der Waals surface area contributed by atoms with Crippen LogP contribution in [0.2, 0.25) is 0 Å². The Kier molecular flexibility index (Phi) is 8.10. The third-order valence-corrected chi connectivity index (χ3v) is 6.12. The van der Waals surface area contributed by atoms with Gasteiger partial charge in [-0.3, -0.25) is 4.79 Å². The number of nitrogens with one attached hydrogen (secondary N) is 1. The van der Waals surface area contributed by atoms with Gasteiger partial charge < -0.3 is 19.7 Å². The number of rotatable bonds is 8. The molecule has 1 aromatic carbocycles. The lowest BCUT2D eigenvalue weighted by Gasteiger charge is -2.29. The van der Waals surface area contributed by atoms with Crippen molar-refractivity contribution in [3.05, 3.63) is 17.7 Å². The number of carbonyl (C=O) groups is 1. The predicted octanol–water partition coefficient (Wildman–Crippen LogP) is 3.41. The van der Waals surface area contributed by atoms with Gasteiger partial charge in [0.2, 0.25) is 5.91 Å². The van der Waals surface area contributed by atoms with Crippen molar-refractivity contribution >= 4 is 17.7 Å². The van der Waals surface area contributed by atoms with Crippen molar-refractivity contribution in [2.45, 2.75) is 37.6 Å². The summed E-state index contributed by atoms with van der Waals surface area (Å²) in [6.45, 7) is 4.93. The molecule has 1 N–H and O–H groups in total. The fraction of sp³-hybridized carbons (Fsp3) is 0.650. The van der Waals surface area contributed by atoms with Crippen LogP contribution in [0.25, 0.3) is 0 Å². The second kappa shape index (κ2) is 10.1. The molecule has 1 unspecified atom stereocenters. The molecule has 1 heterocycles. The molecule has 1 aromatic rings. The van der Waals surface area contributed by atoms with Crippen molar-refractivity contribution in [1.29, 1.82) is 0 Å². The average Bonchev–Trinajstić information content (AvgIpc) is 2.67. The Morgan fingerprint density at radius 1 is 1.27 bits per heavy atom. The van der Waals surface area contributed by atoms with Crippen molar-refractivity contribution in [3.63, 3.8) is 0 Å². The van der Waals surface area contributed by atoms with Gasteiger partial charge in [0.15, 0.2) is 11.5 Å². The van der Waals surface area contributed by atoms with Crippen LogP contribution in [0.5, 0.6) is 11.5 Å². The molecule has 0 aromatic heterocycles. The summed E-state index contributed by atoms with van der Waals surface area (Å²) < 4.78 is 10.8. The number of ether oxygens (including phenoxy) is 2. The fourth-order valence-electron chi connectivity index (χ4n) is 3.57. The first kappa shape index (κ1) is 20.9. The molecule has 1 atom stereocenters. The van der Waals surface area contributed by atoms with Crippen molar-refractivity contribution in [3.8, 4) is 11.5 Å². The summed E-state index contributed by atoms with van der Waals surface area (Å²) in [7, 11) is 5.16. The Bertz CT molecular complexity index is 603. The topological polar surface area (TPSA) is 50.8 Å². The third-order valence-electron chi connectivity index (χ3n) is 5.31. The highest BCUT2D eigenvalue weighted by atomic mass is 32.2. The standard InChI is InChI=1S/C20H32N2O3S/c1-14(15-6-8-21-9-7-15)10-20(23)22(2)13-16-11-17(24-3)18(25-4)12-19(16)26-5/h11-12,14-15,21H,6-10,13H2,1-5H3. The summed E-state index contributed by atoms with van der Waals surface area (Å²) in [4.78, 5) is 15.7. The van der Waals surface area contributed by atoms with E-state index in [9.17, 15) is 4.79 Å². The molecule has 146 valence electrons. The third kappa shape index (κ3) is 5.30. The number of carbonyl (C=O) groups excluding carboxylic acids is 1.